The summed E-state index contributed by atoms with van der Waals surface area (Å²) in [7, 11) is 0. The van der Waals surface area contributed by atoms with Crippen molar-refractivity contribution in [2.75, 3.05) is 18.9 Å². The number of nitrogens with two attached hydrogens (primary N) is 1. The van der Waals surface area contributed by atoms with Crippen molar-refractivity contribution in [3.05, 3.63) is 82.9 Å². The zero-order valence-corrected chi connectivity index (χ0v) is 22.6. The molecule has 38 heavy (non-hydrogen) atoms. The third-order valence-electron chi connectivity index (χ3n) is 7.19. The molecular formula is C31H36N3O4+. The highest BCUT2D eigenvalue weighted by Gasteiger charge is 2.45. The van der Waals surface area contributed by atoms with Gasteiger partial charge in [0, 0.05) is 24.8 Å². The van der Waals surface area contributed by atoms with Crippen molar-refractivity contribution >= 4 is 11.6 Å². The lowest BCUT2D eigenvalue weighted by Gasteiger charge is -2.37. The molecule has 1 aromatic heterocycles. The van der Waals surface area contributed by atoms with Crippen LogP contribution in [0.25, 0.3) is 0 Å². The largest absolute Gasteiger partial charge is 0.490 e. The van der Waals surface area contributed by atoms with E-state index < -0.39 is 0 Å². The topological polar surface area (TPSA) is 87.6 Å². The van der Waals surface area contributed by atoms with Crippen LogP contribution in [0.5, 0.6) is 17.4 Å². The zero-order valence-electron chi connectivity index (χ0n) is 22.6. The normalized spacial score (nSPS) is 17.9. The van der Waals surface area contributed by atoms with Crippen molar-refractivity contribution < 1.29 is 23.6 Å². The van der Waals surface area contributed by atoms with Gasteiger partial charge in [-0.1, -0.05) is 55.2 Å². The number of hydrogen-bond donors (Lipinski definition) is 1. The number of benzene rings is 2. The van der Waals surface area contributed by atoms with Crippen LogP contribution in [0.2, 0.25) is 0 Å². The first-order chi connectivity index (χ1) is 18.3. The Morgan fingerprint density at radius 3 is 2.53 bits per heavy atom. The Labute approximate surface area is 224 Å². The predicted octanol–water partition coefficient (Wildman–Crippen LogP) is 5.16. The molecule has 0 saturated heterocycles. The third-order valence-corrected chi connectivity index (χ3v) is 7.19. The van der Waals surface area contributed by atoms with E-state index in [1.54, 1.807) is 6.33 Å². The Bertz CT molecular complexity index is 1380. The lowest BCUT2D eigenvalue weighted by molar-refractivity contribution is -0.685. The molecule has 0 radical (unpaired) electrons. The number of hydrogen-bond acceptors (Lipinski definition) is 6. The van der Waals surface area contributed by atoms with Crippen molar-refractivity contribution in [2.45, 2.75) is 59.4 Å². The van der Waals surface area contributed by atoms with E-state index >= 15 is 0 Å². The number of nitrogen functional groups attached to an aromatic ring is 1. The highest BCUT2D eigenvalue weighted by Crippen LogP contribution is 2.50. The molecule has 2 heterocycles. The average molecular weight is 515 g/mol. The highest BCUT2D eigenvalue weighted by atomic mass is 16.5. The molecule has 2 N–H and O–H groups in total. The SMILES string of the molecule is CCOc1ccc(CC[n+]2cnc3c(c2N)[C@@H](c2ccccc2)C2=C(CC(C)(C)CC2=O)O3)cc1OCC. The molecule has 5 rings (SSSR count). The average Bonchev–Trinajstić information content (AvgIpc) is 2.88. The van der Waals surface area contributed by atoms with Gasteiger partial charge < -0.3 is 19.9 Å². The van der Waals surface area contributed by atoms with Gasteiger partial charge in [0.2, 0.25) is 12.1 Å². The Morgan fingerprint density at radius 2 is 1.79 bits per heavy atom. The summed E-state index contributed by atoms with van der Waals surface area (Å²) in [6, 6.07) is 16.1. The molecule has 1 aliphatic carbocycles. The molecule has 0 bridgehead atoms. The molecule has 0 fully saturated rings. The van der Waals surface area contributed by atoms with E-state index in [0.717, 1.165) is 40.4 Å². The molecule has 1 atom stereocenters. The van der Waals surface area contributed by atoms with E-state index in [1.165, 1.54) is 0 Å². The minimum Gasteiger partial charge on any atom is -0.490 e. The number of ketones is 1. The fraction of sp³-hybridized carbons (Fsp3) is 0.387. The highest BCUT2D eigenvalue weighted by molar-refractivity contribution is 6.00. The van der Waals surface area contributed by atoms with Crippen LogP contribution in [0.1, 0.15) is 63.1 Å². The molecule has 0 unspecified atom stereocenters. The number of Topliss-reactive ketones (excluding diaryl/α,β-unsaturated/α-hetero) is 1. The summed E-state index contributed by atoms with van der Waals surface area (Å²) in [6.07, 6.45) is 3.62. The van der Waals surface area contributed by atoms with Gasteiger partial charge in [0.1, 0.15) is 11.3 Å². The standard InChI is InChI=1S/C31H35N3O4/c1-5-36-23-13-12-20(16-24(23)37-6-2)14-15-34-19-33-30-28(29(34)32)26(21-10-8-7-9-11-21)27-22(35)17-31(3,4)18-25(27)38-30/h7-13,16,19,26,32H,5-6,14-15,17-18H2,1-4H3/p+1/t26-/m0/s1. The summed E-state index contributed by atoms with van der Waals surface area (Å²) in [4.78, 5) is 18.2. The third kappa shape index (κ3) is 4.97. The van der Waals surface area contributed by atoms with Gasteiger partial charge >= 0.3 is 5.88 Å². The van der Waals surface area contributed by atoms with Crippen LogP contribution in [-0.4, -0.2) is 24.0 Å². The molecule has 7 heteroatoms. The van der Waals surface area contributed by atoms with Gasteiger partial charge in [-0.15, -0.1) is 0 Å². The predicted molar refractivity (Wildman–Crippen MR) is 145 cm³/mol. The number of ether oxygens (including phenoxy) is 3. The van der Waals surface area contributed by atoms with Crippen molar-refractivity contribution in [1.82, 2.24) is 4.98 Å². The number of carbonyl (C=O) groups is 1. The molecule has 0 saturated carbocycles. The van der Waals surface area contributed by atoms with Gasteiger partial charge in [0.15, 0.2) is 17.3 Å². The fourth-order valence-corrected chi connectivity index (χ4v) is 5.48. The van der Waals surface area contributed by atoms with E-state index in [9.17, 15) is 4.79 Å². The number of carbonyl (C=O) groups excluding carboxylic acids is 1. The number of aromatic nitrogens is 2. The maximum absolute atomic E-state index is 13.5. The minimum absolute atomic E-state index is 0.114. The maximum Gasteiger partial charge on any atom is 0.305 e. The smallest absolute Gasteiger partial charge is 0.305 e. The lowest BCUT2D eigenvalue weighted by Crippen LogP contribution is -2.42. The molecule has 1 aliphatic heterocycles. The van der Waals surface area contributed by atoms with Crippen LogP contribution in [0.4, 0.5) is 5.82 Å². The molecule has 3 aromatic rings. The molecular weight excluding hydrogens is 478 g/mol. The Balaban J connectivity index is 1.50. The molecule has 0 amide bonds. The number of rotatable bonds is 8. The molecule has 198 valence electrons. The monoisotopic (exact) mass is 514 g/mol. The van der Waals surface area contributed by atoms with Gasteiger partial charge in [-0.2, -0.15) is 0 Å². The van der Waals surface area contributed by atoms with Crippen molar-refractivity contribution in [3.63, 3.8) is 0 Å². The van der Waals surface area contributed by atoms with Crippen LogP contribution < -0.4 is 24.5 Å². The van der Waals surface area contributed by atoms with Crippen molar-refractivity contribution in [3.8, 4) is 17.4 Å². The van der Waals surface area contributed by atoms with Gasteiger partial charge in [-0.25, -0.2) is 4.57 Å². The number of fused-ring (bicyclic) bond motifs is 1. The summed E-state index contributed by atoms with van der Waals surface area (Å²) in [6.45, 7) is 9.87. The lowest BCUT2D eigenvalue weighted by atomic mass is 9.70. The van der Waals surface area contributed by atoms with E-state index in [-0.39, 0.29) is 17.1 Å². The van der Waals surface area contributed by atoms with E-state index in [1.807, 2.05) is 66.9 Å². The first-order valence-corrected chi connectivity index (χ1v) is 13.4. The first kappa shape index (κ1) is 25.8. The molecule has 2 aliphatic rings. The van der Waals surface area contributed by atoms with Gasteiger partial charge in [-0.05, 0) is 42.5 Å². The van der Waals surface area contributed by atoms with Gasteiger partial charge in [0.05, 0.1) is 25.7 Å². The minimum atomic E-state index is -0.312. The van der Waals surface area contributed by atoms with Crippen LogP contribution >= 0.6 is 0 Å². The van der Waals surface area contributed by atoms with Crippen LogP contribution in [-0.2, 0) is 17.8 Å². The second-order valence-corrected chi connectivity index (χ2v) is 10.7. The molecule has 7 nitrogen and oxygen atoms in total. The Kier molecular flexibility index (Phi) is 7.11. The summed E-state index contributed by atoms with van der Waals surface area (Å²) in [5, 5.41) is 0. The second-order valence-electron chi connectivity index (χ2n) is 10.7. The fourth-order valence-electron chi connectivity index (χ4n) is 5.48. The van der Waals surface area contributed by atoms with Gasteiger partial charge in [0.25, 0.3) is 0 Å². The molecule has 2 aromatic carbocycles. The van der Waals surface area contributed by atoms with E-state index in [2.05, 4.69) is 18.8 Å². The zero-order chi connectivity index (χ0) is 26.9. The van der Waals surface area contributed by atoms with Gasteiger partial charge in [-0.3, -0.25) is 4.79 Å². The number of aryl methyl sites for hydroxylation is 2. The second kappa shape index (κ2) is 10.5. The Hall–Kier alpha value is -3.87. The van der Waals surface area contributed by atoms with Crippen LogP contribution in [0.15, 0.2) is 66.2 Å². The van der Waals surface area contributed by atoms with Crippen LogP contribution in [0, 0.1) is 5.41 Å². The number of nitrogens with zero attached hydrogens (tertiary/aromatic N) is 2. The number of anilines is 1. The summed E-state index contributed by atoms with van der Waals surface area (Å²) < 4.78 is 19.7. The Morgan fingerprint density at radius 1 is 1.05 bits per heavy atom. The summed E-state index contributed by atoms with van der Waals surface area (Å²) >= 11 is 0. The maximum atomic E-state index is 13.5. The summed E-state index contributed by atoms with van der Waals surface area (Å²) in [5.74, 6) is 3.05. The first-order valence-electron chi connectivity index (χ1n) is 13.4. The van der Waals surface area contributed by atoms with Crippen LogP contribution in [0.3, 0.4) is 0 Å². The van der Waals surface area contributed by atoms with Crippen molar-refractivity contribution in [2.24, 2.45) is 5.41 Å². The van der Waals surface area contributed by atoms with Crippen molar-refractivity contribution in [1.29, 1.82) is 0 Å². The van der Waals surface area contributed by atoms with E-state index in [4.69, 9.17) is 19.9 Å². The quantitative estimate of drug-likeness (QED) is 0.418. The summed E-state index contributed by atoms with van der Waals surface area (Å²) in [5.41, 5.74) is 10.2. The number of allylic oxidation sites excluding steroid dienone is 2. The van der Waals surface area contributed by atoms with E-state index in [0.29, 0.717) is 49.9 Å². The molecule has 0 spiro atoms.